The molecule has 108 valence electrons. The van der Waals surface area contributed by atoms with E-state index in [4.69, 9.17) is 4.74 Å². The largest absolute Gasteiger partial charge is 0.488 e. The molecular formula is C18H17BrO2. The zero-order chi connectivity index (χ0) is 14.8. The number of benzene rings is 2. The average Bonchev–Trinajstić information content (AvgIpc) is 2.93. The quantitative estimate of drug-likeness (QED) is 0.755. The van der Waals surface area contributed by atoms with Crippen LogP contribution in [0.1, 0.15) is 39.0 Å². The van der Waals surface area contributed by atoms with Crippen LogP contribution >= 0.6 is 15.9 Å². The third-order valence-corrected chi connectivity index (χ3v) is 4.40. The van der Waals surface area contributed by atoms with Crippen LogP contribution in [0.4, 0.5) is 0 Å². The van der Waals surface area contributed by atoms with Gasteiger partial charge in [-0.25, -0.2) is 0 Å². The van der Waals surface area contributed by atoms with Gasteiger partial charge in [0.05, 0.1) is 5.56 Å². The van der Waals surface area contributed by atoms with Crippen LogP contribution in [0, 0.1) is 6.92 Å². The second-order valence-electron chi connectivity index (χ2n) is 5.50. The highest BCUT2D eigenvalue weighted by Gasteiger charge is 2.12. The minimum Gasteiger partial charge on any atom is -0.488 e. The predicted octanol–water partition coefficient (Wildman–Crippen LogP) is 4.64. The zero-order valence-electron chi connectivity index (χ0n) is 12.0. The van der Waals surface area contributed by atoms with Crippen molar-refractivity contribution in [1.82, 2.24) is 0 Å². The molecule has 1 aliphatic rings. The maximum Gasteiger partial charge on any atom is 0.153 e. The van der Waals surface area contributed by atoms with Crippen LogP contribution in [0.25, 0.3) is 0 Å². The van der Waals surface area contributed by atoms with Crippen LogP contribution in [-0.2, 0) is 19.4 Å². The lowest BCUT2D eigenvalue weighted by Gasteiger charge is -2.13. The van der Waals surface area contributed by atoms with Gasteiger partial charge in [0.15, 0.2) is 6.29 Å². The second-order valence-corrected chi connectivity index (χ2v) is 6.42. The van der Waals surface area contributed by atoms with Crippen LogP contribution in [-0.4, -0.2) is 6.29 Å². The van der Waals surface area contributed by atoms with Gasteiger partial charge >= 0.3 is 0 Å². The SMILES string of the molecule is Cc1cc(Br)cc(C=O)c1OCc1ccc2c(c1)CCC2. The summed E-state index contributed by atoms with van der Waals surface area (Å²) in [5, 5.41) is 0. The minimum atomic E-state index is 0.497. The smallest absolute Gasteiger partial charge is 0.153 e. The number of ether oxygens (including phenoxy) is 1. The Morgan fingerprint density at radius 2 is 2.00 bits per heavy atom. The van der Waals surface area contributed by atoms with Crippen LogP contribution in [0.2, 0.25) is 0 Å². The fourth-order valence-corrected chi connectivity index (χ4v) is 3.50. The predicted molar refractivity (Wildman–Crippen MR) is 87.1 cm³/mol. The van der Waals surface area contributed by atoms with Gasteiger partial charge < -0.3 is 4.74 Å². The Hall–Kier alpha value is -1.61. The highest BCUT2D eigenvalue weighted by molar-refractivity contribution is 9.10. The number of aldehydes is 1. The molecule has 0 aliphatic heterocycles. The Kier molecular flexibility index (Phi) is 4.11. The van der Waals surface area contributed by atoms with Crippen molar-refractivity contribution in [2.75, 3.05) is 0 Å². The lowest BCUT2D eigenvalue weighted by Crippen LogP contribution is -2.01. The molecule has 0 fully saturated rings. The number of carbonyl (C=O) groups is 1. The molecule has 2 nitrogen and oxygen atoms in total. The minimum absolute atomic E-state index is 0.497. The molecular weight excluding hydrogens is 328 g/mol. The van der Waals surface area contributed by atoms with E-state index in [1.807, 2.05) is 13.0 Å². The Labute approximate surface area is 133 Å². The molecule has 3 rings (SSSR count). The first-order chi connectivity index (χ1) is 10.2. The van der Waals surface area contributed by atoms with Crippen molar-refractivity contribution in [1.29, 1.82) is 0 Å². The molecule has 0 radical (unpaired) electrons. The molecule has 1 aliphatic carbocycles. The van der Waals surface area contributed by atoms with Gasteiger partial charge in [0, 0.05) is 4.47 Å². The highest BCUT2D eigenvalue weighted by Crippen LogP contribution is 2.28. The van der Waals surface area contributed by atoms with E-state index in [2.05, 4.69) is 34.1 Å². The second kappa shape index (κ2) is 6.02. The van der Waals surface area contributed by atoms with Gasteiger partial charge in [-0.3, -0.25) is 4.79 Å². The summed E-state index contributed by atoms with van der Waals surface area (Å²) >= 11 is 3.40. The standard InChI is InChI=1S/C18H17BrO2/c1-12-7-17(19)9-16(10-20)18(12)21-11-13-5-6-14-3-2-4-15(14)8-13/h5-10H,2-4,11H2,1H3. The van der Waals surface area contributed by atoms with Crippen LogP contribution in [0.5, 0.6) is 5.75 Å². The van der Waals surface area contributed by atoms with E-state index in [0.29, 0.717) is 17.9 Å². The van der Waals surface area contributed by atoms with Crippen molar-refractivity contribution in [3.05, 3.63) is 62.6 Å². The number of fused-ring (bicyclic) bond motifs is 1. The molecule has 0 saturated heterocycles. The molecule has 0 saturated carbocycles. The summed E-state index contributed by atoms with van der Waals surface area (Å²) in [5.41, 5.74) is 5.62. The lowest BCUT2D eigenvalue weighted by atomic mass is 10.1. The Morgan fingerprint density at radius 3 is 2.81 bits per heavy atom. The monoisotopic (exact) mass is 344 g/mol. The number of hydrogen-bond acceptors (Lipinski definition) is 2. The topological polar surface area (TPSA) is 26.3 Å². The van der Waals surface area contributed by atoms with Crippen molar-refractivity contribution in [2.24, 2.45) is 0 Å². The molecule has 0 spiro atoms. The molecule has 0 amide bonds. The first-order valence-corrected chi connectivity index (χ1v) is 7.95. The van der Waals surface area contributed by atoms with Gasteiger partial charge in [0.1, 0.15) is 12.4 Å². The number of aryl methyl sites for hydroxylation is 3. The van der Waals surface area contributed by atoms with Gasteiger partial charge in [-0.1, -0.05) is 34.1 Å². The van der Waals surface area contributed by atoms with E-state index in [9.17, 15) is 4.79 Å². The van der Waals surface area contributed by atoms with E-state index in [0.717, 1.165) is 21.9 Å². The first kappa shape index (κ1) is 14.3. The number of carbonyl (C=O) groups excluding carboxylic acids is 1. The molecule has 3 heteroatoms. The van der Waals surface area contributed by atoms with Crippen LogP contribution in [0.15, 0.2) is 34.8 Å². The summed E-state index contributed by atoms with van der Waals surface area (Å²) < 4.78 is 6.80. The molecule has 2 aromatic carbocycles. The maximum atomic E-state index is 11.2. The maximum absolute atomic E-state index is 11.2. The first-order valence-electron chi connectivity index (χ1n) is 7.16. The van der Waals surface area contributed by atoms with E-state index in [1.54, 1.807) is 6.07 Å². The number of rotatable bonds is 4. The van der Waals surface area contributed by atoms with Crippen molar-refractivity contribution >= 4 is 22.2 Å². The Bertz CT molecular complexity index is 692. The van der Waals surface area contributed by atoms with Gasteiger partial charge in [0.25, 0.3) is 0 Å². The normalized spacial score (nSPS) is 13.0. The average molecular weight is 345 g/mol. The summed E-state index contributed by atoms with van der Waals surface area (Å²) in [6.07, 6.45) is 4.45. The summed E-state index contributed by atoms with van der Waals surface area (Å²) in [6.45, 7) is 2.45. The van der Waals surface area contributed by atoms with Crippen molar-refractivity contribution < 1.29 is 9.53 Å². The lowest BCUT2D eigenvalue weighted by molar-refractivity contribution is 0.111. The van der Waals surface area contributed by atoms with E-state index in [-0.39, 0.29) is 0 Å². The molecule has 0 atom stereocenters. The molecule has 21 heavy (non-hydrogen) atoms. The molecule has 2 aromatic rings. The van der Waals surface area contributed by atoms with Crippen molar-refractivity contribution in [3.63, 3.8) is 0 Å². The summed E-state index contributed by atoms with van der Waals surface area (Å²) in [7, 11) is 0. The Balaban J connectivity index is 1.80. The molecule has 0 heterocycles. The highest BCUT2D eigenvalue weighted by atomic mass is 79.9. The fourth-order valence-electron chi connectivity index (χ4n) is 2.91. The van der Waals surface area contributed by atoms with Crippen molar-refractivity contribution in [2.45, 2.75) is 32.8 Å². The third-order valence-electron chi connectivity index (χ3n) is 3.94. The van der Waals surface area contributed by atoms with Gasteiger partial charge in [-0.15, -0.1) is 0 Å². The van der Waals surface area contributed by atoms with E-state index in [1.165, 1.54) is 30.4 Å². The van der Waals surface area contributed by atoms with Gasteiger partial charge in [-0.05, 0) is 60.6 Å². The van der Waals surface area contributed by atoms with Gasteiger partial charge in [-0.2, -0.15) is 0 Å². The molecule has 0 N–H and O–H groups in total. The zero-order valence-corrected chi connectivity index (χ0v) is 13.6. The van der Waals surface area contributed by atoms with Crippen molar-refractivity contribution in [3.8, 4) is 5.75 Å². The summed E-state index contributed by atoms with van der Waals surface area (Å²) in [6, 6.07) is 10.3. The van der Waals surface area contributed by atoms with Crippen LogP contribution < -0.4 is 4.74 Å². The molecule has 0 bridgehead atoms. The Morgan fingerprint density at radius 1 is 1.19 bits per heavy atom. The third kappa shape index (κ3) is 3.03. The summed E-state index contributed by atoms with van der Waals surface area (Å²) in [5.74, 6) is 0.675. The van der Waals surface area contributed by atoms with Gasteiger partial charge in [0.2, 0.25) is 0 Å². The molecule has 0 unspecified atom stereocenters. The molecule has 0 aromatic heterocycles. The fraction of sp³-hybridized carbons (Fsp3) is 0.278. The number of halogens is 1. The van der Waals surface area contributed by atoms with E-state index < -0.39 is 0 Å². The summed E-state index contributed by atoms with van der Waals surface area (Å²) in [4.78, 5) is 11.2. The number of hydrogen-bond donors (Lipinski definition) is 0. The van der Waals surface area contributed by atoms with Crippen LogP contribution in [0.3, 0.4) is 0 Å². The van der Waals surface area contributed by atoms with E-state index >= 15 is 0 Å².